The minimum Gasteiger partial charge on any atom is -0.377 e. The second kappa shape index (κ2) is 13.3. The Labute approximate surface area is 186 Å². The maximum Gasteiger partial charge on any atom is 0.194 e. The number of nitrogens with one attached hydrogen (secondary N) is 1. The smallest absolute Gasteiger partial charge is 0.194 e. The summed E-state index contributed by atoms with van der Waals surface area (Å²) in [6.07, 6.45) is 5.04. The highest BCUT2D eigenvalue weighted by atomic mass is 127. The highest BCUT2D eigenvalue weighted by Crippen LogP contribution is 2.21. The van der Waals surface area contributed by atoms with Crippen molar-refractivity contribution < 1.29 is 9.47 Å². The number of hydrogen-bond acceptors (Lipinski definition) is 5. The van der Waals surface area contributed by atoms with Gasteiger partial charge >= 0.3 is 0 Å². The van der Waals surface area contributed by atoms with E-state index in [1.54, 1.807) is 0 Å². The van der Waals surface area contributed by atoms with E-state index in [0.717, 1.165) is 44.1 Å². The quantitative estimate of drug-likeness (QED) is 0.312. The topological polar surface area (TPSA) is 67.2 Å². The average Bonchev–Trinajstić information content (AvgIpc) is 3.09. The summed E-state index contributed by atoms with van der Waals surface area (Å²) in [6, 6.07) is 0. The van der Waals surface area contributed by atoms with Crippen LogP contribution in [0.15, 0.2) is 17.4 Å². The minimum atomic E-state index is 0. The molecule has 1 N–H and O–H groups in total. The van der Waals surface area contributed by atoms with Crippen LogP contribution in [0.4, 0.5) is 0 Å². The molecule has 2 heterocycles. The lowest BCUT2D eigenvalue weighted by Crippen LogP contribution is -2.48. The Morgan fingerprint density at radius 3 is 2.86 bits per heavy atom. The number of hydrogen-bond donors (Lipinski definition) is 1. The molecule has 0 saturated carbocycles. The van der Waals surface area contributed by atoms with Crippen LogP contribution in [0.1, 0.15) is 31.9 Å². The van der Waals surface area contributed by atoms with E-state index in [0.29, 0.717) is 19.8 Å². The number of aryl methyl sites for hydroxylation is 1. The molecule has 1 aromatic heterocycles. The van der Waals surface area contributed by atoms with Gasteiger partial charge in [-0.2, -0.15) is 5.10 Å². The van der Waals surface area contributed by atoms with Crippen LogP contribution in [0, 0.1) is 0 Å². The Hall–Kier alpha value is -0.910. The first-order valence-electron chi connectivity index (χ1n) is 9.93. The lowest BCUT2D eigenvalue weighted by atomic mass is 10.1. The van der Waals surface area contributed by atoms with Gasteiger partial charge in [0, 0.05) is 45.0 Å². The van der Waals surface area contributed by atoms with Crippen molar-refractivity contribution in [1.29, 1.82) is 0 Å². The first-order chi connectivity index (χ1) is 13.0. The fourth-order valence-electron chi connectivity index (χ4n) is 3.13. The van der Waals surface area contributed by atoms with Gasteiger partial charge in [-0.15, -0.1) is 24.0 Å². The predicted molar refractivity (Wildman–Crippen MR) is 123 cm³/mol. The van der Waals surface area contributed by atoms with Gasteiger partial charge in [-0.05, 0) is 34.4 Å². The van der Waals surface area contributed by atoms with E-state index in [-0.39, 0.29) is 36.2 Å². The van der Waals surface area contributed by atoms with Crippen molar-refractivity contribution in [3.63, 3.8) is 0 Å². The van der Waals surface area contributed by atoms with E-state index in [1.165, 1.54) is 0 Å². The van der Waals surface area contributed by atoms with Crippen LogP contribution in [-0.4, -0.2) is 91.7 Å². The Kier molecular flexibility index (Phi) is 12.0. The summed E-state index contributed by atoms with van der Waals surface area (Å²) in [7, 11) is 6.10. The van der Waals surface area contributed by atoms with Crippen molar-refractivity contribution >= 4 is 29.9 Å². The van der Waals surface area contributed by atoms with Crippen LogP contribution in [0.3, 0.4) is 0 Å². The molecule has 162 valence electrons. The lowest BCUT2D eigenvalue weighted by molar-refractivity contribution is -0.00823. The number of aliphatic imine (C=N–C) groups is 1. The molecule has 0 aromatic carbocycles. The molecule has 2 unspecified atom stereocenters. The van der Waals surface area contributed by atoms with E-state index in [2.05, 4.69) is 41.2 Å². The molecule has 28 heavy (non-hydrogen) atoms. The van der Waals surface area contributed by atoms with Crippen LogP contribution in [0.5, 0.6) is 0 Å². The molecule has 0 aliphatic carbocycles. The fourth-order valence-corrected chi connectivity index (χ4v) is 3.13. The molecule has 0 amide bonds. The van der Waals surface area contributed by atoms with Crippen molar-refractivity contribution in [2.75, 3.05) is 60.0 Å². The summed E-state index contributed by atoms with van der Waals surface area (Å²) in [4.78, 5) is 9.34. The third-order valence-electron chi connectivity index (χ3n) is 4.54. The van der Waals surface area contributed by atoms with Gasteiger partial charge in [0.15, 0.2) is 5.96 Å². The molecule has 2 atom stereocenters. The zero-order valence-corrected chi connectivity index (χ0v) is 20.3. The Balaban J connectivity index is 0.00000392. The van der Waals surface area contributed by atoms with E-state index >= 15 is 0 Å². The monoisotopic (exact) mass is 508 g/mol. The van der Waals surface area contributed by atoms with Crippen LogP contribution in [-0.2, 0) is 16.5 Å². The van der Waals surface area contributed by atoms with Gasteiger partial charge in [-0.25, -0.2) is 0 Å². The lowest BCUT2D eigenvalue weighted by Gasteiger charge is -2.35. The predicted octanol–water partition coefficient (Wildman–Crippen LogP) is 1.73. The van der Waals surface area contributed by atoms with Crippen molar-refractivity contribution in [2.24, 2.45) is 12.0 Å². The first kappa shape index (κ1) is 25.1. The molecular weight excluding hydrogens is 471 g/mol. The molecule has 2 rings (SSSR count). The largest absolute Gasteiger partial charge is 0.377 e. The number of nitrogens with zero attached hydrogens (tertiary/aromatic N) is 5. The summed E-state index contributed by atoms with van der Waals surface area (Å²) >= 11 is 0. The fraction of sp³-hybridized carbons (Fsp3) is 0.789. The minimum absolute atomic E-state index is 0. The average molecular weight is 508 g/mol. The zero-order valence-electron chi connectivity index (χ0n) is 17.9. The Morgan fingerprint density at radius 1 is 1.46 bits per heavy atom. The Morgan fingerprint density at radius 2 is 2.25 bits per heavy atom. The normalized spacial score (nSPS) is 18.9. The number of morpholine rings is 1. The van der Waals surface area contributed by atoms with Crippen LogP contribution >= 0.6 is 24.0 Å². The first-order valence-corrected chi connectivity index (χ1v) is 9.93. The third kappa shape index (κ3) is 8.22. The maximum atomic E-state index is 5.96. The molecule has 1 aliphatic heterocycles. The van der Waals surface area contributed by atoms with Gasteiger partial charge in [0.2, 0.25) is 0 Å². The number of guanidine groups is 1. The van der Waals surface area contributed by atoms with Crippen molar-refractivity contribution in [2.45, 2.75) is 32.5 Å². The summed E-state index contributed by atoms with van der Waals surface area (Å²) in [6.45, 7) is 9.64. The zero-order chi connectivity index (χ0) is 19.6. The van der Waals surface area contributed by atoms with Crippen molar-refractivity contribution in [3.8, 4) is 0 Å². The van der Waals surface area contributed by atoms with Crippen LogP contribution in [0.25, 0.3) is 0 Å². The summed E-state index contributed by atoms with van der Waals surface area (Å²) < 4.78 is 13.7. The van der Waals surface area contributed by atoms with E-state index in [4.69, 9.17) is 14.5 Å². The standard InChI is InChI=1S/C19H36N6O2.HI/c1-6-20-19(21-13-17(26-7-2)8-9-23(3)4)25-10-11-27-18(15-25)16-12-22-24(5)14-16;/h12,14,17-18H,6-11,13,15H2,1-5H3,(H,20,21);1H. The summed E-state index contributed by atoms with van der Waals surface area (Å²) in [5.74, 6) is 0.934. The molecular formula is C19H37IN6O2. The van der Waals surface area contributed by atoms with Crippen LogP contribution in [0.2, 0.25) is 0 Å². The van der Waals surface area contributed by atoms with Gasteiger partial charge < -0.3 is 24.6 Å². The van der Waals surface area contributed by atoms with Crippen LogP contribution < -0.4 is 5.32 Å². The van der Waals surface area contributed by atoms with E-state index < -0.39 is 0 Å². The maximum absolute atomic E-state index is 5.96. The molecule has 1 aromatic rings. The van der Waals surface area contributed by atoms with E-state index in [1.807, 2.05) is 31.0 Å². The summed E-state index contributed by atoms with van der Waals surface area (Å²) in [5, 5.41) is 7.69. The van der Waals surface area contributed by atoms with Gasteiger partial charge in [0.1, 0.15) is 6.10 Å². The second-order valence-corrected chi connectivity index (χ2v) is 7.12. The van der Waals surface area contributed by atoms with Gasteiger partial charge in [-0.1, -0.05) is 0 Å². The van der Waals surface area contributed by atoms with Crippen molar-refractivity contribution in [3.05, 3.63) is 18.0 Å². The molecule has 8 nitrogen and oxygen atoms in total. The molecule has 0 bridgehead atoms. The highest BCUT2D eigenvalue weighted by molar-refractivity contribution is 14.0. The molecule has 1 fully saturated rings. The molecule has 0 spiro atoms. The van der Waals surface area contributed by atoms with Gasteiger partial charge in [0.25, 0.3) is 0 Å². The Bertz CT molecular complexity index is 581. The number of rotatable bonds is 9. The molecule has 0 radical (unpaired) electrons. The van der Waals surface area contributed by atoms with Crippen molar-refractivity contribution in [1.82, 2.24) is 24.9 Å². The van der Waals surface area contributed by atoms with E-state index in [9.17, 15) is 0 Å². The SMILES string of the molecule is CCNC(=NCC(CCN(C)C)OCC)N1CCOC(c2cnn(C)c2)C1.I. The summed E-state index contributed by atoms with van der Waals surface area (Å²) in [5.41, 5.74) is 1.11. The number of halogens is 1. The van der Waals surface area contributed by atoms with Gasteiger partial charge in [0.05, 0.1) is 32.0 Å². The molecule has 9 heteroatoms. The van der Waals surface area contributed by atoms with Gasteiger partial charge in [-0.3, -0.25) is 9.67 Å². The molecule has 1 saturated heterocycles. The molecule has 1 aliphatic rings. The third-order valence-corrected chi connectivity index (χ3v) is 4.54. The second-order valence-electron chi connectivity index (χ2n) is 7.12. The number of ether oxygens (including phenoxy) is 2. The number of aromatic nitrogens is 2. The highest BCUT2D eigenvalue weighted by Gasteiger charge is 2.25.